The zero-order chi connectivity index (χ0) is 36.7. The Morgan fingerprint density at radius 3 is 2.08 bits per heavy atom. The van der Waals surface area contributed by atoms with E-state index in [0.717, 1.165) is 42.3 Å². The molecule has 1 radical (unpaired) electrons. The summed E-state index contributed by atoms with van der Waals surface area (Å²) in [5, 5.41) is 15.8. The second-order valence-electron chi connectivity index (χ2n) is 15.2. The van der Waals surface area contributed by atoms with Crippen molar-refractivity contribution in [3.8, 4) is 22.4 Å². The van der Waals surface area contributed by atoms with Gasteiger partial charge in [-0.25, -0.2) is 0 Å². The molecule has 51 heavy (non-hydrogen) atoms. The number of carbonyl (C=O) groups excluding carboxylic acids is 1. The molecule has 0 bridgehead atoms. The number of aliphatic hydroxyl groups is 1. The predicted molar refractivity (Wildman–Crippen MR) is 218 cm³/mol. The molecule has 5 rings (SSSR count). The van der Waals surface area contributed by atoms with Crippen LogP contribution in [-0.4, -0.2) is 15.9 Å². The van der Waals surface area contributed by atoms with E-state index in [9.17, 15) is 9.90 Å². The molecule has 5 aromatic rings. The van der Waals surface area contributed by atoms with Gasteiger partial charge < -0.3 is 5.11 Å². The minimum absolute atomic E-state index is 0. The Balaban J connectivity index is 0.000000374. The summed E-state index contributed by atoms with van der Waals surface area (Å²) in [6, 6.07) is 23.8. The molecule has 3 nitrogen and oxygen atoms in total. The number of aliphatic hydroxyl groups excluding tert-OH is 1. The Labute approximate surface area is 325 Å². The standard InChI is InChI=1S/C33H34NS.C13H24O2.Ir/c1-20(2)22-12-13-26(28(17-22)21(3)4)29-19-35-32-27(29)14-15-34-31(32)24-16-23-10-8-9-11-25(23)30(18-24)33(5,6)7;1-5-10(6-2)12(14)9-13(15)11(7-3)8-4;/h8-15,17-21H,1-7H3;9-11,14H,5-8H2,1-4H3;/q-1;;/b;12-9-;. The summed E-state index contributed by atoms with van der Waals surface area (Å²) >= 11 is 1.80. The fourth-order valence-corrected chi connectivity index (χ4v) is 7.85. The van der Waals surface area contributed by atoms with Gasteiger partial charge in [-0.05, 0) is 82.0 Å². The molecule has 0 spiro atoms. The van der Waals surface area contributed by atoms with E-state index in [4.69, 9.17) is 4.98 Å². The Hall–Kier alpha value is -3.11. The molecule has 0 atom stereocenters. The van der Waals surface area contributed by atoms with Crippen LogP contribution in [0.5, 0.6) is 0 Å². The molecule has 2 aromatic heterocycles. The Morgan fingerprint density at radius 1 is 0.843 bits per heavy atom. The van der Waals surface area contributed by atoms with Crippen LogP contribution in [0.3, 0.4) is 0 Å². The molecule has 0 aliphatic heterocycles. The molecule has 0 unspecified atom stereocenters. The van der Waals surface area contributed by atoms with Crippen LogP contribution in [0.2, 0.25) is 0 Å². The zero-order valence-electron chi connectivity index (χ0n) is 32.6. The monoisotopic (exact) mass is 881 g/mol. The van der Waals surface area contributed by atoms with Crippen LogP contribution in [0.4, 0.5) is 0 Å². The van der Waals surface area contributed by atoms with Crippen LogP contribution in [0, 0.1) is 17.9 Å². The van der Waals surface area contributed by atoms with E-state index in [2.05, 4.69) is 115 Å². The molecule has 3 aromatic carbocycles. The smallest absolute Gasteiger partial charge is 0.162 e. The molecular weight excluding hydrogens is 823 g/mol. The third-order valence-corrected chi connectivity index (χ3v) is 11.1. The number of pyridine rings is 1. The van der Waals surface area contributed by atoms with Gasteiger partial charge >= 0.3 is 0 Å². The molecule has 0 saturated heterocycles. The van der Waals surface area contributed by atoms with Gasteiger partial charge in [0.25, 0.3) is 0 Å². The summed E-state index contributed by atoms with van der Waals surface area (Å²) < 4.78 is 1.23. The van der Waals surface area contributed by atoms with Gasteiger partial charge in [0.2, 0.25) is 0 Å². The fourth-order valence-electron chi connectivity index (χ4n) is 6.78. The first-order chi connectivity index (χ1) is 23.7. The molecule has 0 fully saturated rings. The van der Waals surface area contributed by atoms with Crippen molar-refractivity contribution in [3.05, 3.63) is 101 Å². The second kappa shape index (κ2) is 18.6. The SMILES string of the molecule is CC(C)c1ccc(-c2csc3c(-c4[c-]c5ccccc5c(C(C)(C)C)c4)nccc23)c(C(C)C)c1.CCC(CC)C(=O)/C=C(\O)C(CC)CC.[Ir]. The normalized spacial score (nSPS) is 12.2. The number of carbonyl (C=O) groups is 1. The summed E-state index contributed by atoms with van der Waals surface area (Å²) in [6.07, 6.45) is 6.87. The van der Waals surface area contributed by atoms with Gasteiger partial charge in [-0.3, -0.25) is 9.78 Å². The third-order valence-electron chi connectivity index (χ3n) is 10.1. The summed E-state index contributed by atoms with van der Waals surface area (Å²) in [4.78, 5) is 16.6. The van der Waals surface area contributed by atoms with Gasteiger partial charge in [-0.1, -0.05) is 124 Å². The number of benzene rings is 3. The van der Waals surface area contributed by atoms with Crippen LogP contribution in [-0.2, 0) is 30.3 Å². The maximum absolute atomic E-state index is 11.7. The first-order valence-electron chi connectivity index (χ1n) is 18.7. The van der Waals surface area contributed by atoms with Crippen LogP contribution >= 0.6 is 11.3 Å². The number of rotatable bonds is 11. The van der Waals surface area contributed by atoms with Crippen molar-refractivity contribution in [2.75, 3.05) is 0 Å². The summed E-state index contributed by atoms with van der Waals surface area (Å²) in [6.45, 7) is 24.0. The molecule has 0 saturated carbocycles. The van der Waals surface area contributed by atoms with E-state index >= 15 is 0 Å². The van der Waals surface area contributed by atoms with E-state index in [1.165, 1.54) is 49.4 Å². The molecule has 1 N–H and O–H groups in total. The van der Waals surface area contributed by atoms with E-state index in [0.29, 0.717) is 11.8 Å². The summed E-state index contributed by atoms with van der Waals surface area (Å²) in [5.41, 5.74) is 8.94. The van der Waals surface area contributed by atoms with Crippen molar-refractivity contribution in [3.63, 3.8) is 0 Å². The van der Waals surface area contributed by atoms with Crippen molar-refractivity contribution in [1.82, 2.24) is 4.98 Å². The topological polar surface area (TPSA) is 50.2 Å². The third kappa shape index (κ3) is 9.86. The number of nitrogens with zero attached hydrogens (tertiary/aromatic N) is 1. The first kappa shape index (κ1) is 42.3. The Morgan fingerprint density at radius 2 is 1.49 bits per heavy atom. The van der Waals surface area contributed by atoms with Crippen molar-refractivity contribution in [2.45, 2.75) is 119 Å². The fraction of sp³-hybridized carbons (Fsp3) is 0.435. The molecule has 5 heteroatoms. The van der Waals surface area contributed by atoms with Crippen molar-refractivity contribution in [2.24, 2.45) is 11.8 Å². The van der Waals surface area contributed by atoms with Gasteiger partial charge in [0.15, 0.2) is 5.78 Å². The maximum Gasteiger partial charge on any atom is 0.162 e. The van der Waals surface area contributed by atoms with Crippen molar-refractivity contribution in [1.29, 1.82) is 0 Å². The van der Waals surface area contributed by atoms with Gasteiger partial charge in [0.05, 0.1) is 5.76 Å². The van der Waals surface area contributed by atoms with Crippen LogP contribution in [0.25, 0.3) is 43.2 Å². The van der Waals surface area contributed by atoms with Crippen LogP contribution < -0.4 is 0 Å². The van der Waals surface area contributed by atoms with Crippen LogP contribution in [0.15, 0.2) is 78.0 Å². The van der Waals surface area contributed by atoms with E-state index in [1.807, 2.05) is 33.9 Å². The number of hydrogen-bond donors (Lipinski definition) is 1. The number of allylic oxidation sites excluding steroid dienone is 2. The molecule has 0 amide bonds. The summed E-state index contributed by atoms with van der Waals surface area (Å²) in [7, 11) is 0. The molecular formula is C46H58IrNO2S-. The number of thiophene rings is 1. The number of hydrogen-bond acceptors (Lipinski definition) is 4. The van der Waals surface area contributed by atoms with Gasteiger partial charge in [0.1, 0.15) is 0 Å². The van der Waals surface area contributed by atoms with Gasteiger partial charge in [-0.2, -0.15) is 0 Å². The Kier molecular flexibility index (Phi) is 15.4. The largest absolute Gasteiger partial charge is 0.512 e. The minimum atomic E-state index is 0. The van der Waals surface area contributed by atoms with Gasteiger partial charge in [0, 0.05) is 54.6 Å². The number of fused-ring (bicyclic) bond motifs is 2. The van der Waals surface area contributed by atoms with Crippen molar-refractivity contribution >= 4 is 38.0 Å². The molecule has 2 heterocycles. The van der Waals surface area contributed by atoms with Crippen LogP contribution in [0.1, 0.15) is 130 Å². The molecule has 275 valence electrons. The van der Waals surface area contributed by atoms with E-state index in [1.54, 1.807) is 11.3 Å². The number of aromatic nitrogens is 1. The number of ketones is 1. The zero-order valence-corrected chi connectivity index (χ0v) is 35.8. The van der Waals surface area contributed by atoms with Gasteiger partial charge in [-0.15, -0.1) is 40.5 Å². The minimum Gasteiger partial charge on any atom is -0.512 e. The predicted octanol–water partition coefficient (Wildman–Crippen LogP) is 14.0. The average molecular weight is 881 g/mol. The molecule has 0 aliphatic carbocycles. The first-order valence-corrected chi connectivity index (χ1v) is 19.5. The van der Waals surface area contributed by atoms with E-state index < -0.39 is 0 Å². The second-order valence-corrected chi connectivity index (χ2v) is 16.1. The van der Waals surface area contributed by atoms with E-state index in [-0.39, 0.29) is 48.9 Å². The maximum atomic E-state index is 11.7. The summed E-state index contributed by atoms with van der Waals surface area (Å²) in [5.74, 6) is 1.53. The van der Waals surface area contributed by atoms with Crippen molar-refractivity contribution < 1.29 is 30.0 Å². The quantitative estimate of drug-likeness (QED) is 0.0817. The Bertz CT molecular complexity index is 1940. The molecule has 0 aliphatic rings. The average Bonchev–Trinajstić information content (AvgIpc) is 3.52.